The predicted octanol–water partition coefficient (Wildman–Crippen LogP) is 5.07. The van der Waals surface area contributed by atoms with E-state index in [1.165, 1.54) is 17.0 Å². The highest BCUT2D eigenvalue weighted by Crippen LogP contribution is 2.27. The van der Waals surface area contributed by atoms with Gasteiger partial charge < -0.3 is 15.0 Å². The molecule has 218 valence electrons. The minimum absolute atomic E-state index is 0.0820. The van der Waals surface area contributed by atoms with Crippen LogP contribution in [0.4, 0.5) is 5.69 Å². The molecule has 1 aliphatic rings. The predicted molar refractivity (Wildman–Crippen MR) is 160 cm³/mol. The van der Waals surface area contributed by atoms with Crippen molar-refractivity contribution in [2.45, 2.75) is 69.5 Å². The first-order chi connectivity index (χ1) is 19.7. The molecule has 0 aliphatic heterocycles. The van der Waals surface area contributed by atoms with Crippen LogP contribution in [-0.4, -0.2) is 50.9 Å². The number of amides is 2. The molecule has 0 unspecified atom stereocenters. The second-order valence-electron chi connectivity index (χ2n) is 10.5. The van der Waals surface area contributed by atoms with Crippen molar-refractivity contribution >= 4 is 27.5 Å². The van der Waals surface area contributed by atoms with E-state index >= 15 is 0 Å². The lowest BCUT2D eigenvalue weighted by Gasteiger charge is -2.33. The lowest BCUT2D eigenvalue weighted by molar-refractivity contribution is -0.139. The van der Waals surface area contributed by atoms with Crippen LogP contribution in [0.5, 0.6) is 5.75 Å². The average Bonchev–Trinajstić information content (AvgIpc) is 3.00. The number of methoxy groups -OCH3 is 1. The van der Waals surface area contributed by atoms with Gasteiger partial charge in [-0.05, 0) is 68.1 Å². The Morgan fingerprint density at radius 1 is 0.927 bits per heavy atom. The van der Waals surface area contributed by atoms with Gasteiger partial charge in [0, 0.05) is 12.6 Å². The van der Waals surface area contributed by atoms with Crippen molar-refractivity contribution in [3.8, 4) is 5.75 Å². The number of carbonyl (C=O) groups is 2. The second-order valence-corrected chi connectivity index (χ2v) is 12.4. The van der Waals surface area contributed by atoms with E-state index in [2.05, 4.69) is 5.32 Å². The van der Waals surface area contributed by atoms with Crippen LogP contribution in [0.1, 0.15) is 50.2 Å². The molecule has 1 N–H and O–H groups in total. The standard InChI is InChI=1S/C32H39N3O5S/c1-24-12-10-11-17-30(24)35(41(38,39)29-15-8-5-9-16-29)23-31(36)34(22-26-18-20-28(40-3)21-19-26)25(2)32(37)33-27-13-6-4-7-14-27/h5,8-12,15-21,25,27H,4,6-7,13-14,22-23H2,1-3H3,(H,33,37)/t25-/m0/s1. The normalized spacial score (nSPS) is 14.6. The molecule has 3 aromatic rings. The number of hydrogen-bond donors (Lipinski definition) is 1. The molecule has 1 atom stereocenters. The first-order valence-electron chi connectivity index (χ1n) is 14.1. The molecule has 3 aromatic carbocycles. The Morgan fingerprint density at radius 2 is 1.56 bits per heavy atom. The number of anilines is 1. The topological polar surface area (TPSA) is 96.0 Å². The van der Waals surface area contributed by atoms with Gasteiger partial charge in [-0.15, -0.1) is 0 Å². The van der Waals surface area contributed by atoms with Crippen LogP contribution in [0.2, 0.25) is 0 Å². The summed E-state index contributed by atoms with van der Waals surface area (Å²) in [4.78, 5) is 29.1. The molecule has 0 radical (unpaired) electrons. The van der Waals surface area contributed by atoms with Crippen LogP contribution in [0.15, 0.2) is 83.8 Å². The maximum absolute atomic E-state index is 14.1. The van der Waals surface area contributed by atoms with Crippen molar-refractivity contribution < 1.29 is 22.7 Å². The van der Waals surface area contributed by atoms with Crippen LogP contribution in [0, 0.1) is 6.92 Å². The van der Waals surface area contributed by atoms with Crippen LogP contribution in [-0.2, 0) is 26.2 Å². The zero-order valence-corrected chi connectivity index (χ0v) is 24.8. The number of hydrogen-bond acceptors (Lipinski definition) is 5. The van der Waals surface area contributed by atoms with Gasteiger partial charge in [0.15, 0.2) is 0 Å². The van der Waals surface area contributed by atoms with Gasteiger partial charge in [-0.1, -0.05) is 67.8 Å². The number of ether oxygens (including phenoxy) is 1. The monoisotopic (exact) mass is 577 g/mol. The van der Waals surface area contributed by atoms with E-state index in [1.807, 2.05) is 31.2 Å². The third-order valence-corrected chi connectivity index (χ3v) is 9.40. The molecule has 2 amide bonds. The second kappa shape index (κ2) is 13.7. The van der Waals surface area contributed by atoms with Crippen LogP contribution < -0.4 is 14.4 Å². The number of sulfonamides is 1. The van der Waals surface area contributed by atoms with E-state index in [1.54, 1.807) is 56.5 Å². The molecule has 1 fully saturated rings. The highest BCUT2D eigenvalue weighted by atomic mass is 32.2. The van der Waals surface area contributed by atoms with Gasteiger partial charge in [0.25, 0.3) is 10.0 Å². The quantitative estimate of drug-likeness (QED) is 0.344. The summed E-state index contributed by atoms with van der Waals surface area (Å²) in [6.45, 7) is 3.18. The molecule has 0 saturated heterocycles. The maximum Gasteiger partial charge on any atom is 0.264 e. The molecule has 4 rings (SSSR count). The molecule has 41 heavy (non-hydrogen) atoms. The maximum atomic E-state index is 14.1. The summed E-state index contributed by atoms with van der Waals surface area (Å²) in [5, 5.41) is 3.12. The Bertz CT molecular complexity index is 1420. The number of para-hydroxylation sites is 1. The molecular formula is C32H39N3O5S. The smallest absolute Gasteiger partial charge is 0.264 e. The summed E-state index contributed by atoms with van der Waals surface area (Å²) in [5.74, 6) is -0.0450. The van der Waals surface area contributed by atoms with Crippen molar-refractivity contribution in [3.05, 3.63) is 90.0 Å². The SMILES string of the molecule is COc1ccc(CN(C(=O)CN(c2ccccc2C)S(=O)(=O)c2ccccc2)[C@@H](C)C(=O)NC2CCCCC2)cc1. The molecule has 9 heteroatoms. The van der Waals surface area contributed by atoms with Crippen LogP contribution >= 0.6 is 0 Å². The van der Waals surface area contributed by atoms with Gasteiger partial charge in [0.2, 0.25) is 11.8 Å². The molecule has 0 aromatic heterocycles. The van der Waals surface area contributed by atoms with Gasteiger partial charge in [-0.2, -0.15) is 0 Å². The number of rotatable bonds is 11. The fraction of sp³-hybridized carbons (Fsp3) is 0.375. The molecule has 1 aliphatic carbocycles. The number of aryl methyl sites for hydroxylation is 1. The number of benzene rings is 3. The lowest BCUT2D eigenvalue weighted by Crippen LogP contribution is -2.53. The Labute approximate surface area is 243 Å². The number of nitrogens with zero attached hydrogens (tertiary/aromatic N) is 2. The Kier molecular flexibility index (Phi) is 10.0. The summed E-state index contributed by atoms with van der Waals surface area (Å²) < 4.78 is 34.2. The third kappa shape index (κ3) is 7.47. The van der Waals surface area contributed by atoms with Crippen molar-refractivity contribution in [1.29, 1.82) is 0 Å². The fourth-order valence-corrected chi connectivity index (χ4v) is 6.65. The summed E-state index contributed by atoms with van der Waals surface area (Å²) in [6.07, 6.45) is 5.13. The fourth-order valence-electron chi connectivity index (χ4n) is 5.16. The van der Waals surface area contributed by atoms with E-state index in [0.717, 1.165) is 42.0 Å². The first-order valence-corrected chi connectivity index (χ1v) is 15.5. The zero-order valence-electron chi connectivity index (χ0n) is 24.0. The summed E-state index contributed by atoms with van der Waals surface area (Å²) in [6, 6.07) is 21.7. The van der Waals surface area contributed by atoms with E-state index in [4.69, 9.17) is 4.74 Å². The minimum atomic E-state index is -4.09. The Morgan fingerprint density at radius 3 is 2.20 bits per heavy atom. The number of carbonyl (C=O) groups excluding carboxylic acids is 2. The largest absolute Gasteiger partial charge is 0.497 e. The van der Waals surface area contributed by atoms with E-state index in [-0.39, 0.29) is 23.4 Å². The van der Waals surface area contributed by atoms with Gasteiger partial charge in [-0.3, -0.25) is 13.9 Å². The summed E-state index contributed by atoms with van der Waals surface area (Å²) in [7, 11) is -2.51. The Hall–Kier alpha value is -3.85. The molecule has 1 saturated carbocycles. The van der Waals surface area contributed by atoms with E-state index in [0.29, 0.717) is 17.0 Å². The summed E-state index contributed by atoms with van der Waals surface area (Å²) in [5.41, 5.74) is 1.92. The van der Waals surface area contributed by atoms with E-state index < -0.39 is 28.5 Å². The van der Waals surface area contributed by atoms with Gasteiger partial charge in [0.1, 0.15) is 18.3 Å². The van der Waals surface area contributed by atoms with Crippen LogP contribution in [0.3, 0.4) is 0 Å². The highest BCUT2D eigenvalue weighted by Gasteiger charge is 2.33. The molecule has 8 nitrogen and oxygen atoms in total. The van der Waals surface area contributed by atoms with E-state index in [9.17, 15) is 18.0 Å². The van der Waals surface area contributed by atoms with Crippen molar-refractivity contribution in [2.24, 2.45) is 0 Å². The minimum Gasteiger partial charge on any atom is -0.497 e. The van der Waals surface area contributed by atoms with Gasteiger partial charge >= 0.3 is 0 Å². The van der Waals surface area contributed by atoms with Crippen molar-refractivity contribution in [3.63, 3.8) is 0 Å². The number of nitrogens with one attached hydrogen (secondary N) is 1. The van der Waals surface area contributed by atoms with Gasteiger partial charge in [0.05, 0.1) is 17.7 Å². The molecule has 0 heterocycles. The average molecular weight is 578 g/mol. The van der Waals surface area contributed by atoms with Crippen molar-refractivity contribution in [2.75, 3.05) is 18.0 Å². The van der Waals surface area contributed by atoms with Crippen LogP contribution in [0.25, 0.3) is 0 Å². The lowest BCUT2D eigenvalue weighted by atomic mass is 9.95. The Balaban J connectivity index is 1.67. The van der Waals surface area contributed by atoms with Gasteiger partial charge in [-0.25, -0.2) is 8.42 Å². The third-order valence-electron chi connectivity index (χ3n) is 7.63. The molecular weight excluding hydrogens is 538 g/mol. The molecule has 0 bridgehead atoms. The van der Waals surface area contributed by atoms with Crippen molar-refractivity contribution in [1.82, 2.24) is 10.2 Å². The highest BCUT2D eigenvalue weighted by molar-refractivity contribution is 7.92. The zero-order chi connectivity index (χ0) is 29.4. The first kappa shape index (κ1) is 30.1. The summed E-state index contributed by atoms with van der Waals surface area (Å²) >= 11 is 0. The molecule has 0 spiro atoms.